The quantitative estimate of drug-likeness (QED) is 0.801. The number of hydrogen-bond donors (Lipinski definition) is 1. The Labute approximate surface area is 132 Å². The first-order chi connectivity index (χ1) is 10.9. The summed E-state index contributed by atoms with van der Waals surface area (Å²) in [4.78, 5) is 14.6. The Morgan fingerprint density at radius 1 is 1.04 bits per heavy atom. The summed E-state index contributed by atoms with van der Waals surface area (Å²) in [5.74, 6) is -0.463. The van der Waals surface area contributed by atoms with Crippen LogP contribution >= 0.6 is 0 Å². The highest BCUT2D eigenvalue weighted by atomic mass is 32.2. The van der Waals surface area contributed by atoms with Crippen LogP contribution in [-0.4, -0.2) is 13.1 Å². The van der Waals surface area contributed by atoms with E-state index in [4.69, 9.17) is 0 Å². The molecule has 0 saturated carbocycles. The molecule has 3 rings (SSSR count). The van der Waals surface area contributed by atoms with Gasteiger partial charge in [0.1, 0.15) is 5.82 Å². The van der Waals surface area contributed by atoms with E-state index in [2.05, 4.69) is 4.83 Å². The third kappa shape index (κ3) is 2.95. The van der Waals surface area contributed by atoms with E-state index < -0.39 is 21.4 Å². The van der Waals surface area contributed by atoms with Crippen LogP contribution in [0.3, 0.4) is 0 Å². The second kappa shape index (κ2) is 5.51. The first kappa shape index (κ1) is 15.2. The zero-order valence-electron chi connectivity index (χ0n) is 12.2. The minimum atomic E-state index is -3.89. The lowest BCUT2D eigenvalue weighted by Crippen LogP contribution is -2.32. The molecule has 0 aliphatic carbocycles. The van der Waals surface area contributed by atoms with Crippen LogP contribution in [0, 0.1) is 12.7 Å². The van der Waals surface area contributed by atoms with Crippen LogP contribution in [0.1, 0.15) is 5.56 Å². The standard InChI is InChI=1S/C16H13FN2O3S/c1-11-2-5-14(6-3-11)23(21,22)18-19-9-8-12-10-13(17)4-7-15(12)16(19)20/h2-10,18H,1H3. The zero-order valence-corrected chi connectivity index (χ0v) is 13.0. The van der Waals surface area contributed by atoms with Crippen molar-refractivity contribution in [2.75, 3.05) is 4.83 Å². The Balaban J connectivity index is 2.04. The summed E-state index contributed by atoms with van der Waals surface area (Å²) in [5.41, 5.74) is 0.354. The van der Waals surface area contributed by atoms with Crippen molar-refractivity contribution in [2.24, 2.45) is 0 Å². The minimum absolute atomic E-state index is 0.0502. The number of fused-ring (bicyclic) bond motifs is 1. The van der Waals surface area contributed by atoms with Crippen molar-refractivity contribution < 1.29 is 12.8 Å². The van der Waals surface area contributed by atoms with Gasteiger partial charge >= 0.3 is 0 Å². The fourth-order valence-electron chi connectivity index (χ4n) is 2.19. The number of benzene rings is 2. The van der Waals surface area contributed by atoms with Crippen LogP contribution in [0.2, 0.25) is 0 Å². The number of hydrogen-bond acceptors (Lipinski definition) is 3. The molecular formula is C16H13FN2O3S. The monoisotopic (exact) mass is 332 g/mol. The molecule has 0 aliphatic rings. The highest BCUT2D eigenvalue weighted by Crippen LogP contribution is 2.13. The number of nitrogens with one attached hydrogen (secondary N) is 1. The molecule has 7 heteroatoms. The van der Waals surface area contributed by atoms with E-state index >= 15 is 0 Å². The van der Waals surface area contributed by atoms with Gasteiger partial charge in [-0.25, -0.2) is 13.9 Å². The molecule has 0 aliphatic heterocycles. The zero-order chi connectivity index (χ0) is 16.6. The highest BCUT2D eigenvalue weighted by molar-refractivity contribution is 7.92. The van der Waals surface area contributed by atoms with Crippen molar-refractivity contribution in [1.29, 1.82) is 0 Å². The van der Waals surface area contributed by atoms with Gasteiger partial charge in [-0.3, -0.25) is 4.79 Å². The van der Waals surface area contributed by atoms with Crippen molar-refractivity contribution in [3.63, 3.8) is 0 Å². The van der Waals surface area contributed by atoms with Crippen LogP contribution in [0.15, 0.2) is 64.4 Å². The second-order valence-corrected chi connectivity index (χ2v) is 6.79. The first-order valence-electron chi connectivity index (χ1n) is 6.77. The lowest BCUT2D eigenvalue weighted by molar-refractivity contribution is 0.594. The topological polar surface area (TPSA) is 68.2 Å². The number of rotatable bonds is 3. The summed E-state index contributed by atoms with van der Waals surface area (Å²) in [6.45, 7) is 1.84. The molecule has 1 heterocycles. The third-order valence-corrected chi connectivity index (χ3v) is 4.75. The van der Waals surface area contributed by atoms with Gasteiger partial charge in [0, 0.05) is 11.6 Å². The summed E-state index contributed by atoms with van der Waals surface area (Å²) in [6, 6.07) is 11.4. The maximum absolute atomic E-state index is 13.2. The number of aromatic nitrogens is 1. The van der Waals surface area contributed by atoms with Crippen molar-refractivity contribution in [3.05, 3.63) is 76.5 Å². The Kier molecular flexibility index (Phi) is 3.65. The van der Waals surface area contributed by atoms with Crippen LogP contribution in [0.5, 0.6) is 0 Å². The molecule has 118 valence electrons. The Bertz CT molecular complexity index is 1040. The predicted octanol–water partition coefficient (Wildman–Crippen LogP) is 2.38. The fraction of sp³-hybridized carbons (Fsp3) is 0.0625. The lowest BCUT2D eigenvalue weighted by Gasteiger charge is -2.11. The van der Waals surface area contributed by atoms with E-state index in [1.807, 2.05) is 6.92 Å². The molecule has 0 amide bonds. The molecule has 0 bridgehead atoms. The van der Waals surface area contributed by atoms with Gasteiger partial charge in [-0.2, -0.15) is 8.42 Å². The maximum atomic E-state index is 13.2. The Hall–Kier alpha value is -2.67. The Morgan fingerprint density at radius 3 is 2.43 bits per heavy atom. The molecule has 5 nitrogen and oxygen atoms in total. The first-order valence-corrected chi connectivity index (χ1v) is 8.25. The summed E-state index contributed by atoms with van der Waals surface area (Å²) in [6.07, 6.45) is 1.26. The van der Waals surface area contributed by atoms with Gasteiger partial charge in [-0.1, -0.05) is 17.7 Å². The third-order valence-electron chi connectivity index (χ3n) is 3.42. The van der Waals surface area contributed by atoms with E-state index in [-0.39, 0.29) is 10.3 Å². The number of pyridine rings is 1. The van der Waals surface area contributed by atoms with E-state index in [0.717, 1.165) is 16.3 Å². The SMILES string of the molecule is Cc1ccc(S(=O)(=O)Nn2ccc3cc(F)ccc3c2=O)cc1. The van der Waals surface area contributed by atoms with Gasteiger partial charge in [-0.05, 0) is 48.7 Å². The Morgan fingerprint density at radius 2 is 1.74 bits per heavy atom. The molecular weight excluding hydrogens is 319 g/mol. The summed E-state index contributed by atoms with van der Waals surface area (Å²) < 4.78 is 38.7. The molecule has 1 aromatic heterocycles. The van der Waals surface area contributed by atoms with Crippen LogP contribution in [-0.2, 0) is 10.0 Å². The largest absolute Gasteiger partial charge is 0.277 e. The van der Waals surface area contributed by atoms with Crippen molar-refractivity contribution in [3.8, 4) is 0 Å². The molecule has 2 aromatic carbocycles. The van der Waals surface area contributed by atoms with E-state index in [0.29, 0.717) is 5.39 Å². The molecule has 1 N–H and O–H groups in total. The van der Waals surface area contributed by atoms with Gasteiger partial charge in [0.2, 0.25) is 0 Å². The molecule has 0 unspecified atom stereocenters. The van der Waals surface area contributed by atoms with Gasteiger partial charge < -0.3 is 0 Å². The average Bonchev–Trinajstić information content (AvgIpc) is 2.50. The molecule has 0 radical (unpaired) electrons. The van der Waals surface area contributed by atoms with Gasteiger partial charge in [0.05, 0.1) is 4.90 Å². The van der Waals surface area contributed by atoms with E-state index in [9.17, 15) is 17.6 Å². The average molecular weight is 332 g/mol. The number of nitrogens with zero attached hydrogens (tertiary/aromatic N) is 1. The van der Waals surface area contributed by atoms with Crippen LogP contribution in [0.25, 0.3) is 10.8 Å². The van der Waals surface area contributed by atoms with E-state index in [1.54, 1.807) is 12.1 Å². The molecule has 0 atom stereocenters. The number of halogens is 1. The second-order valence-electron chi connectivity index (χ2n) is 5.13. The predicted molar refractivity (Wildman–Crippen MR) is 85.9 cm³/mol. The van der Waals surface area contributed by atoms with Crippen molar-refractivity contribution in [1.82, 2.24) is 4.68 Å². The molecule has 23 heavy (non-hydrogen) atoms. The molecule has 3 aromatic rings. The summed E-state index contributed by atoms with van der Waals surface area (Å²) in [7, 11) is -3.89. The molecule has 0 saturated heterocycles. The van der Waals surface area contributed by atoms with Gasteiger partial charge in [0.15, 0.2) is 0 Å². The molecule has 0 spiro atoms. The summed E-state index contributed by atoms with van der Waals surface area (Å²) in [5, 5.41) is 0.626. The van der Waals surface area contributed by atoms with Crippen LogP contribution < -0.4 is 10.4 Å². The number of sulfonamides is 1. The van der Waals surface area contributed by atoms with Crippen LogP contribution in [0.4, 0.5) is 4.39 Å². The minimum Gasteiger partial charge on any atom is -0.267 e. The summed E-state index contributed by atoms with van der Waals surface area (Å²) >= 11 is 0. The molecule has 0 fully saturated rings. The fourth-order valence-corrected chi connectivity index (χ4v) is 3.19. The maximum Gasteiger partial charge on any atom is 0.277 e. The van der Waals surface area contributed by atoms with Gasteiger partial charge in [0.25, 0.3) is 15.6 Å². The lowest BCUT2D eigenvalue weighted by atomic mass is 10.2. The highest BCUT2D eigenvalue weighted by Gasteiger charge is 2.15. The smallest absolute Gasteiger partial charge is 0.267 e. The number of aryl methyl sites for hydroxylation is 1. The van der Waals surface area contributed by atoms with Crippen molar-refractivity contribution >= 4 is 20.8 Å². The van der Waals surface area contributed by atoms with Crippen molar-refractivity contribution in [2.45, 2.75) is 11.8 Å². The van der Waals surface area contributed by atoms with E-state index in [1.165, 1.54) is 36.5 Å². The normalized spacial score (nSPS) is 11.6. The van der Waals surface area contributed by atoms with Gasteiger partial charge in [-0.15, -0.1) is 0 Å².